The van der Waals surface area contributed by atoms with Gasteiger partial charge in [0.25, 0.3) is 0 Å². The van der Waals surface area contributed by atoms with E-state index in [0.29, 0.717) is 13.0 Å². The number of hydrogen-bond donors (Lipinski definition) is 0. The van der Waals surface area contributed by atoms with Crippen LogP contribution >= 0.6 is 0 Å². The highest BCUT2D eigenvalue weighted by atomic mass is 28.3. The summed E-state index contributed by atoms with van der Waals surface area (Å²) in [7, 11) is 2.45. The molecular formula is C20H32NO4Si. The first-order valence-corrected chi connectivity index (χ1v) is 11.5. The van der Waals surface area contributed by atoms with E-state index in [4.69, 9.17) is 13.9 Å². The summed E-state index contributed by atoms with van der Waals surface area (Å²) >= 11 is 0. The molecule has 1 aliphatic heterocycles. The van der Waals surface area contributed by atoms with Crippen molar-refractivity contribution in [2.75, 3.05) is 20.8 Å². The minimum Gasteiger partial charge on any atom is -0.497 e. The molecule has 26 heavy (non-hydrogen) atoms. The Morgan fingerprint density at radius 2 is 1.92 bits per heavy atom. The van der Waals surface area contributed by atoms with Gasteiger partial charge in [-0.05, 0) is 30.6 Å². The van der Waals surface area contributed by atoms with Gasteiger partial charge in [-0.3, -0.25) is 4.79 Å². The van der Waals surface area contributed by atoms with Gasteiger partial charge in [0.1, 0.15) is 11.5 Å². The summed E-state index contributed by atoms with van der Waals surface area (Å²) in [4.78, 5) is 14.6. The zero-order valence-electron chi connectivity index (χ0n) is 17.1. The standard InChI is InChI=1S/C20H32NO4Si/c1-20(2,3)19(25-26(6)7)15-10-18(22)21(13-15)12-14-8-9-16(23-4)11-17(14)24-5/h8-9,11,15,19H,10,12-13H2,1-7H3. The predicted molar refractivity (Wildman–Crippen MR) is 105 cm³/mol. The Labute approximate surface area is 159 Å². The topological polar surface area (TPSA) is 48.0 Å². The van der Waals surface area contributed by atoms with Crippen molar-refractivity contribution in [3.63, 3.8) is 0 Å². The number of ether oxygens (including phenoxy) is 2. The van der Waals surface area contributed by atoms with Crippen LogP contribution < -0.4 is 9.47 Å². The van der Waals surface area contributed by atoms with Crippen LogP contribution in [0.5, 0.6) is 11.5 Å². The van der Waals surface area contributed by atoms with Crippen LogP contribution in [0.15, 0.2) is 18.2 Å². The van der Waals surface area contributed by atoms with Crippen LogP contribution in [0, 0.1) is 11.3 Å². The molecule has 2 rings (SSSR count). The summed E-state index contributed by atoms with van der Waals surface area (Å²) in [5.74, 6) is 1.91. The Kier molecular flexibility index (Phi) is 6.74. The van der Waals surface area contributed by atoms with Gasteiger partial charge in [0, 0.05) is 37.1 Å². The van der Waals surface area contributed by atoms with Crippen molar-refractivity contribution in [2.45, 2.75) is 52.9 Å². The van der Waals surface area contributed by atoms with Gasteiger partial charge in [-0.2, -0.15) is 0 Å². The van der Waals surface area contributed by atoms with Crippen molar-refractivity contribution in [2.24, 2.45) is 11.3 Å². The maximum Gasteiger partial charge on any atom is 0.223 e. The molecule has 5 nitrogen and oxygen atoms in total. The molecule has 145 valence electrons. The summed E-state index contributed by atoms with van der Waals surface area (Å²) in [6.45, 7) is 12.2. The molecule has 0 aliphatic carbocycles. The molecule has 1 aromatic carbocycles. The lowest BCUT2D eigenvalue weighted by atomic mass is 9.81. The molecule has 1 heterocycles. The quantitative estimate of drug-likeness (QED) is 0.678. The molecular weight excluding hydrogens is 346 g/mol. The van der Waals surface area contributed by atoms with E-state index in [-0.39, 0.29) is 23.3 Å². The van der Waals surface area contributed by atoms with E-state index in [1.165, 1.54) is 0 Å². The second-order valence-electron chi connectivity index (χ2n) is 8.23. The van der Waals surface area contributed by atoms with Crippen LogP contribution in [0.3, 0.4) is 0 Å². The van der Waals surface area contributed by atoms with E-state index in [1.807, 2.05) is 23.1 Å². The zero-order chi connectivity index (χ0) is 19.5. The first kappa shape index (κ1) is 20.8. The first-order chi connectivity index (χ1) is 12.2. The Bertz CT molecular complexity index is 627. The fourth-order valence-corrected chi connectivity index (χ4v) is 4.63. The molecule has 0 bridgehead atoms. The Morgan fingerprint density at radius 1 is 1.23 bits per heavy atom. The van der Waals surface area contributed by atoms with Crippen molar-refractivity contribution in [1.82, 2.24) is 4.90 Å². The molecule has 1 amide bonds. The highest BCUT2D eigenvalue weighted by Gasteiger charge is 2.41. The summed E-state index contributed by atoms with van der Waals surface area (Å²) in [5.41, 5.74) is 1.01. The Hall–Kier alpha value is -1.53. The molecule has 0 aromatic heterocycles. The summed E-state index contributed by atoms with van der Waals surface area (Å²) in [5, 5.41) is 0. The average Bonchev–Trinajstić information content (AvgIpc) is 2.92. The van der Waals surface area contributed by atoms with E-state index in [2.05, 4.69) is 33.9 Å². The van der Waals surface area contributed by atoms with Gasteiger partial charge in [-0.25, -0.2) is 0 Å². The summed E-state index contributed by atoms with van der Waals surface area (Å²) in [6, 6.07) is 5.73. The highest BCUT2D eigenvalue weighted by molar-refractivity contribution is 6.48. The third kappa shape index (κ3) is 5.01. The number of benzene rings is 1. The molecule has 0 N–H and O–H groups in total. The monoisotopic (exact) mass is 378 g/mol. The van der Waals surface area contributed by atoms with E-state index < -0.39 is 9.04 Å². The van der Waals surface area contributed by atoms with Crippen LogP contribution in [-0.2, 0) is 15.8 Å². The highest BCUT2D eigenvalue weighted by Crippen LogP contribution is 2.36. The first-order valence-electron chi connectivity index (χ1n) is 9.11. The third-order valence-corrected chi connectivity index (χ3v) is 5.47. The lowest BCUT2D eigenvalue weighted by Crippen LogP contribution is -2.40. The molecule has 0 saturated carbocycles. The average molecular weight is 379 g/mol. The van der Waals surface area contributed by atoms with Crippen LogP contribution in [0.1, 0.15) is 32.8 Å². The Balaban J connectivity index is 2.14. The second-order valence-corrected chi connectivity index (χ2v) is 10.3. The summed E-state index contributed by atoms with van der Waals surface area (Å²) in [6.07, 6.45) is 0.647. The number of carbonyl (C=O) groups excluding carboxylic acids is 1. The normalized spacial score (nSPS) is 19.2. The van der Waals surface area contributed by atoms with Crippen molar-refractivity contribution in [3.8, 4) is 11.5 Å². The van der Waals surface area contributed by atoms with Crippen LogP contribution in [0.2, 0.25) is 13.1 Å². The number of nitrogens with zero attached hydrogens (tertiary/aromatic N) is 1. The minimum atomic E-state index is -0.827. The van der Waals surface area contributed by atoms with E-state index in [0.717, 1.165) is 23.6 Å². The van der Waals surface area contributed by atoms with Gasteiger partial charge < -0.3 is 18.8 Å². The van der Waals surface area contributed by atoms with Gasteiger partial charge in [0.05, 0.1) is 20.3 Å². The van der Waals surface area contributed by atoms with Gasteiger partial charge in [-0.1, -0.05) is 20.8 Å². The number of rotatable bonds is 7. The molecule has 2 unspecified atom stereocenters. The molecule has 1 radical (unpaired) electrons. The van der Waals surface area contributed by atoms with Crippen LogP contribution in [0.25, 0.3) is 0 Å². The minimum absolute atomic E-state index is 0.0146. The maximum atomic E-state index is 12.6. The van der Waals surface area contributed by atoms with Crippen molar-refractivity contribution >= 4 is 14.9 Å². The lowest BCUT2D eigenvalue weighted by molar-refractivity contribution is -0.128. The van der Waals surface area contributed by atoms with Crippen molar-refractivity contribution in [3.05, 3.63) is 23.8 Å². The number of likely N-dealkylation sites (tertiary alicyclic amines) is 1. The van der Waals surface area contributed by atoms with Crippen LogP contribution in [0.4, 0.5) is 0 Å². The lowest BCUT2D eigenvalue weighted by Gasteiger charge is -2.36. The molecule has 1 aliphatic rings. The number of carbonyl (C=O) groups is 1. The summed E-state index contributed by atoms with van der Waals surface area (Å²) < 4.78 is 17.0. The van der Waals surface area contributed by atoms with Gasteiger partial charge in [0.15, 0.2) is 0 Å². The number of amides is 1. The number of methoxy groups -OCH3 is 2. The fourth-order valence-electron chi connectivity index (χ4n) is 3.58. The van der Waals surface area contributed by atoms with Crippen molar-refractivity contribution < 1.29 is 18.7 Å². The van der Waals surface area contributed by atoms with E-state index in [9.17, 15) is 4.79 Å². The largest absolute Gasteiger partial charge is 0.497 e. The maximum absolute atomic E-state index is 12.6. The molecule has 2 atom stereocenters. The fraction of sp³-hybridized carbons (Fsp3) is 0.650. The Morgan fingerprint density at radius 3 is 2.46 bits per heavy atom. The SMILES string of the molecule is COc1ccc(CN2CC(C(O[Si](C)C)C(C)(C)C)CC2=O)c(OC)c1. The molecule has 0 spiro atoms. The second kappa shape index (κ2) is 8.44. The van der Waals surface area contributed by atoms with Gasteiger partial charge >= 0.3 is 0 Å². The van der Waals surface area contributed by atoms with Crippen LogP contribution in [-0.4, -0.2) is 46.7 Å². The van der Waals surface area contributed by atoms with E-state index in [1.54, 1.807) is 14.2 Å². The van der Waals surface area contributed by atoms with Gasteiger partial charge in [-0.15, -0.1) is 0 Å². The molecule has 6 heteroatoms. The molecule has 1 saturated heterocycles. The predicted octanol–water partition coefficient (Wildman–Crippen LogP) is 3.73. The zero-order valence-corrected chi connectivity index (χ0v) is 18.1. The smallest absolute Gasteiger partial charge is 0.223 e. The van der Waals surface area contributed by atoms with Crippen molar-refractivity contribution in [1.29, 1.82) is 0 Å². The third-order valence-electron chi connectivity index (χ3n) is 4.74. The number of hydrogen-bond acceptors (Lipinski definition) is 4. The molecule has 1 fully saturated rings. The van der Waals surface area contributed by atoms with E-state index >= 15 is 0 Å². The molecule has 1 aromatic rings. The van der Waals surface area contributed by atoms with Gasteiger partial charge in [0.2, 0.25) is 14.9 Å².